The highest BCUT2D eigenvalue weighted by atomic mass is 32.2. The Labute approximate surface area is 236 Å². The first-order chi connectivity index (χ1) is 18.8. The van der Waals surface area contributed by atoms with E-state index in [9.17, 15) is 14.4 Å². The molecule has 0 spiro atoms. The van der Waals surface area contributed by atoms with Gasteiger partial charge in [-0.1, -0.05) is 60.5 Å². The third-order valence-electron chi connectivity index (χ3n) is 6.09. The summed E-state index contributed by atoms with van der Waals surface area (Å²) in [6.07, 6.45) is 0.570. The molecule has 2 N–H and O–H groups in total. The number of hydrogen-bond donors (Lipinski definition) is 2. The van der Waals surface area contributed by atoms with E-state index in [1.54, 1.807) is 6.07 Å². The van der Waals surface area contributed by atoms with E-state index in [-0.39, 0.29) is 11.8 Å². The second-order valence-corrected chi connectivity index (χ2v) is 11.2. The van der Waals surface area contributed by atoms with Crippen LogP contribution in [-0.2, 0) is 9.53 Å². The molecule has 0 aliphatic carbocycles. The van der Waals surface area contributed by atoms with Crippen molar-refractivity contribution >= 4 is 51.6 Å². The Hall–Kier alpha value is -3.88. The van der Waals surface area contributed by atoms with Crippen LogP contribution in [0.3, 0.4) is 0 Å². The van der Waals surface area contributed by atoms with Gasteiger partial charge in [-0.3, -0.25) is 9.59 Å². The maximum Gasteiger partial charge on any atom is 0.341 e. The van der Waals surface area contributed by atoms with Gasteiger partial charge in [-0.05, 0) is 56.2 Å². The molecule has 1 unspecified atom stereocenters. The fourth-order valence-electron chi connectivity index (χ4n) is 4.02. The molecule has 0 bridgehead atoms. The summed E-state index contributed by atoms with van der Waals surface area (Å²) in [5.41, 5.74) is 5.31. The first-order valence-electron chi connectivity index (χ1n) is 12.5. The topological polar surface area (TPSA) is 84.5 Å². The van der Waals surface area contributed by atoms with Gasteiger partial charge in [-0.15, -0.1) is 23.1 Å². The van der Waals surface area contributed by atoms with Crippen molar-refractivity contribution in [1.29, 1.82) is 0 Å². The first kappa shape index (κ1) is 28.1. The zero-order chi connectivity index (χ0) is 27.9. The number of aryl methyl sites for hydroxylation is 2. The number of nitrogens with one attached hydrogen (secondary N) is 2. The van der Waals surface area contributed by atoms with Gasteiger partial charge in [0.05, 0.1) is 12.4 Å². The SMILES string of the molecule is CCC(Sc1cccc(NC(=O)c2cccc(C)c2)c1)C(=O)Nc1scc(-c2ccc(C)cc2)c1C(=O)OC. The van der Waals surface area contributed by atoms with Crippen LogP contribution in [0, 0.1) is 13.8 Å². The number of carbonyl (C=O) groups excluding carboxylic acids is 3. The second-order valence-electron chi connectivity index (χ2n) is 9.07. The molecule has 39 heavy (non-hydrogen) atoms. The fraction of sp³-hybridized carbons (Fsp3) is 0.194. The van der Waals surface area contributed by atoms with Gasteiger partial charge in [-0.2, -0.15) is 0 Å². The Bertz CT molecular complexity index is 1490. The van der Waals surface area contributed by atoms with Crippen molar-refractivity contribution in [3.05, 3.63) is 100 Å². The molecular formula is C31H30N2O4S2. The number of methoxy groups -OCH3 is 1. The lowest BCUT2D eigenvalue weighted by Crippen LogP contribution is -2.25. The summed E-state index contributed by atoms with van der Waals surface area (Å²) < 4.78 is 5.05. The normalized spacial score (nSPS) is 11.5. The number of thiophene rings is 1. The summed E-state index contributed by atoms with van der Waals surface area (Å²) in [7, 11) is 1.33. The van der Waals surface area contributed by atoms with Gasteiger partial charge in [0.1, 0.15) is 10.6 Å². The van der Waals surface area contributed by atoms with Crippen molar-refractivity contribution in [2.24, 2.45) is 0 Å². The van der Waals surface area contributed by atoms with Gasteiger partial charge in [0.2, 0.25) is 5.91 Å². The molecule has 200 valence electrons. The molecule has 1 heterocycles. The average Bonchev–Trinajstić information content (AvgIpc) is 3.35. The van der Waals surface area contributed by atoms with Crippen molar-refractivity contribution in [3.63, 3.8) is 0 Å². The Kier molecular flexibility index (Phi) is 9.22. The molecule has 1 atom stereocenters. The highest BCUT2D eigenvalue weighted by Crippen LogP contribution is 2.37. The number of hydrogen-bond acceptors (Lipinski definition) is 6. The van der Waals surface area contributed by atoms with Crippen LogP contribution in [0.15, 0.2) is 83.1 Å². The Balaban J connectivity index is 1.49. The van der Waals surface area contributed by atoms with Gasteiger partial charge >= 0.3 is 5.97 Å². The van der Waals surface area contributed by atoms with Gasteiger partial charge in [0.25, 0.3) is 5.91 Å². The highest BCUT2D eigenvalue weighted by molar-refractivity contribution is 8.00. The average molecular weight is 559 g/mol. The molecule has 0 aliphatic heterocycles. The van der Waals surface area contributed by atoms with Crippen molar-refractivity contribution in [2.45, 2.75) is 37.3 Å². The van der Waals surface area contributed by atoms with E-state index in [2.05, 4.69) is 10.6 Å². The predicted molar refractivity (Wildman–Crippen MR) is 160 cm³/mol. The lowest BCUT2D eigenvalue weighted by atomic mass is 10.0. The summed E-state index contributed by atoms with van der Waals surface area (Å²) >= 11 is 2.71. The Morgan fingerprint density at radius 2 is 1.67 bits per heavy atom. The van der Waals surface area contributed by atoms with Gasteiger partial charge in [0.15, 0.2) is 0 Å². The second kappa shape index (κ2) is 12.8. The van der Waals surface area contributed by atoms with Crippen LogP contribution in [0.1, 0.15) is 45.2 Å². The van der Waals surface area contributed by atoms with E-state index in [4.69, 9.17) is 4.74 Å². The zero-order valence-electron chi connectivity index (χ0n) is 22.2. The molecule has 0 saturated carbocycles. The largest absolute Gasteiger partial charge is 0.465 e. The van der Waals surface area contributed by atoms with E-state index in [0.29, 0.717) is 28.2 Å². The third kappa shape index (κ3) is 6.96. The molecule has 2 amide bonds. The van der Waals surface area contributed by atoms with Crippen molar-refractivity contribution in [3.8, 4) is 11.1 Å². The molecule has 1 aromatic heterocycles. The fourth-order valence-corrected chi connectivity index (χ4v) is 5.99. The van der Waals surface area contributed by atoms with Crippen LogP contribution in [0.4, 0.5) is 10.7 Å². The summed E-state index contributed by atoms with van der Waals surface area (Å²) in [5, 5.41) is 7.80. The van der Waals surface area contributed by atoms with E-state index < -0.39 is 11.2 Å². The number of carbonyl (C=O) groups is 3. The minimum absolute atomic E-state index is 0.192. The van der Waals surface area contributed by atoms with E-state index >= 15 is 0 Å². The summed E-state index contributed by atoms with van der Waals surface area (Å²) in [6.45, 7) is 5.88. The number of benzene rings is 3. The molecule has 4 aromatic rings. The minimum atomic E-state index is -0.500. The van der Waals surface area contributed by atoms with E-state index in [0.717, 1.165) is 27.1 Å². The predicted octanol–water partition coefficient (Wildman–Crippen LogP) is 7.58. The summed E-state index contributed by atoms with van der Waals surface area (Å²) in [4.78, 5) is 39.6. The molecule has 0 fully saturated rings. The lowest BCUT2D eigenvalue weighted by molar-refractivity contribution is -0.115. The molecule has 0 saturated heterocycles. The van der Waals surface area contributed by atoms with Crippen LogP contribution in [-0.4, -0.2) is 30.1 Å². The molecular weight excluding hydrogens is 528 g/mol. The van der Waals surface area contributed by atoms with Crippen LogP contribution >= 0.6 is 23.1 Å². The minimum Gasteiger partial charge on any atom is -0.465 e. The maximum absolute atomic E-state index is 13.3. The van der Waals surface area contributed by atoms with E-state index in [1.165, 1.54) is 30.2 Å². The maximum atomic E-state index is 13.3. The van der Waals surface area contributed by atoms with E-state index in [1.807, 2.05) is 92.9 Å². The first-order valence-corrected chi connectivity index (χ1v) is 14.3. The van der Waals surface area contributed by atoms with Crippen molar-refractivity contribution in [1.82, 2.24) is 0 Å². The standard InChI is InChI=1S/C31H30N2O4S2/c1-5-26(39-24-11-7-10-23(17-24)32-28(34)22-9-6-8-20(3)16-22)29(35)33-30-27(31(36)37-4)25(18-38-30)21-14-12-19(2)13-15-21/h6-18,26H,5H2,1-4H3,(H,32,34)(H,33,35). The number of thioether (sulfide) groups is 1. The van der Waals surface area contributed by atoms with Crippen molar-refractivity contribution < 1.29 is 19.1 Å². The highest BCUT2D eigenvalue weighted by Gasteiger charge is 2.25. The summed E-state index contributed by atoms with van der Waals surface area (Å²) in [5.74, 6) is -0.901. The van der Waals surface area contributed by atoms with Crippen LogP contribution in [0.2, 0.25) is 0 Å². The molecule has 8 heteroatoms. The molecule has 4 rings (SSSR count). The third-order valence-corrected chi connectivity index (χ3v) is 8.35. The molecule has 3 aromatic carbocycles. The number of rotatable bonds is 9. The lowest BCUT2D eigenvalue weighted by Gasteiger charge is -2.16. The smallest absolute Gasteiger partial charge is 0.341 e. The Morgan fingerprint density at radius 1 is 0.923 bits per heavy atom. The quantitative estimate of drug-likeness (QED) is 0.163. The summed E-state index contributed by atoms with van der Waals surface area (Å²) in [6, 6.07) is 22.7. The number of amides is 2. The van der Waals surface area contributed by atoms with Gasteiger partial charge in [-0.25, -0.2) is 4.79 Å². The molecule has 6 nitrogen and oxygen atoms in total. The van der Waals surface area contributed by atoms with Crippen LogP contribution in [0.5, 0.6) is 0 Å². The number of ether oxygens (including phenoxy) is 1. The van der Waals surface area contributed by atoms with Gasteiger partial charge in [0, 0.05) is 27.1 Å². The monoisotopic (exact) mass is 558 g/mol. The van der Waals surface area contributed by atoms with Crippen LogP contribution in [0.25, 0.3) is 11.1 Å². The molecule has 0 radical (unpaired) electrons. The Morgan fingerprint density at radius 3 is 2.36 bits per heavy atom. The number of anilines is 2. The van der Waals surface area contributed by atoms with Gasteiger partial charge < -0.3 is 15.4 Å². The van der Waals surface area contributed by atoms with Crippen LogP contribution < -0.4 is 10.6 Å². The molecule has 0 aliphatic rings. The zero-order valence-corrected chi connectivity index (χ0v) is 23.9. The number of esters is 1. The van der Waals surface area contributed by atoms with Crippen molar-refractivity contribution in [2.75, 3.05) is 17.7 Å².